The van der Waals surface area contributed by atoms with Gasteiger partial charge in [0.2, 0.25) is 5.91 Å². The average Bonchev–Trinajstić information content (AvgIpc) is 3.14. The lowest BCUT2D eigenvalue weighted by Crippen LogP contribution is -2.28. The van der Waals surface area contributed by atoms with Gasteiger partial charge in [0.25, 0.3) is 5.56 Å². The summed E-state index contributed by atoms with van der Waals surface area (Å²) in [5, 5.41) is 10.8. The molecule has 0 radical (unpaired) electrons. The van der Waals surface area contributed by atoms with Crippen LogP contribution in [0.15, 0.2) is 53.6 Å². The van der Waals surface area contributed by atoms with Gasteiger partial charge in [-0.25, -0.2) is 14.1 Å². The Hall–Kier alpha value is -3.79. The molecule has 4 rings (SSSR count). The second-order valence-corrected chi connectivity index (χ2v) is 7.03. The van der Waals surface area contributed by atoms with Crippen LogP contribution in [0.4, 0.5) is 10.1 Å². The summed E-state index contributed by atoms with van der Waals surface area (Å²) in [6.07, 6.45) is 1.25. The van der Waals surface area contributed by atoms with Gasteiger partial charge in [-0.1, -0.05) is 28.9 Å². The zero-order valence-electron chi connectivity index (χ0n) is 16.2. The third-order valence-corrected chi connectivity index (χ3v) is 4.76. The molecule has 0 fully saturated rings. The minimum atomic E-state index is -0.515. The van der Waals surface area contributed by atoms with Gasteiger partial charge in [-0.05, 0) is 35.9 Å². The summed E-state index contributed by atoms with van der Waals surface area (Å²) in [4.78, 5) is 29.3. The van der Waals surface area contributed by atoms with Crippen LogP contribution in [0.25, 0.3) is 11.2 Å². The Morgan fingerprint density at radius 3 is 2.84 bits per heavy atom. The maximum atomic E-state index is 13.4. The molecule has 0 saturated heterocycles. The van der Waals surface area contributed by atoms with Gasteiger partial charge in [0.05, 0.1) is 18.7 Å². The number of fused-ring (bicyclic) bond motifs is 1. The molecule has 0 aliphatic heterocycles. The summed E-state index contributed by atoms with van der Waals surface area (Å²) in [6, 6.07) is 10.8. The minimum absolute atomic E-state index is 0.0131. The van der Waals surface area contributed by atoms with Crippen molar-refractivity contribution in [2.45, 2.75) is 13.1 Å². The van der Waals surface area contributed by atoms with Crippen molar-refractivity contribution in [2.24, 2.45) is 0 Å². The van der Waals surface area contributed by atoms with E-state index < -0.39 is 11.5 Å². The van der Waals surface area contributed by atoms with E-state index in [-0.39, 0.29) is 30.1 Å². The van der Waals surface area contributed by atoms with Crippen molar-refractivity contribution in [1.82, 2.24) is 24.5 Å². The lowest BCUT2D eigenvalue weighted by atomic mass is 10.2. The molecule has 0 aliphatic carbocycles. The van der Waals surface area contributed by atoms with Crippen LogP contribution < -0.4 is 15.6 Å². The number of methoxy groups -OCH3 is 1. The molecular weight excluding hydrogens is 427 g/mol. The van der Waals surface area contributed by atoms with Crippen molar-refractivity contribution >= 4 is 34.4 Å². The van der Waals surface area contributed by atoms with Crippen LogP contribution in [0.3, 0.4) is 0 Å². The number of carbonyl (C=O) groups is 1. The molecule has 4 aromatic rings. The number of anilines is 1. The van der Waals surface area contributed by atoms with E-state index in [1.165, 1.54) is 30.3 Å². The third kappa shape index (κ3) is 4.38. The van der Waals surface area contributed by atoms with E-state index >= 15 is 0 Å². The zero-order chi connectivity index (χ0) is 22.0. The third-order valence-electron chi connectivity index (χ3n) is 4.46. The maximum absolute atomic E-state index is 13.4. The van der Waals surface area contributed by atoms with E-state index in [1.807, 2.05) is 0 Å². The zero-order valence-corrected chi connectivity index (χ0v) is 17.0. The Balaban J connectivity index is 1.52. The van der Waals surface area contributed by atoms with Crippen LogP contribution in [-0.2, 0) is 17.9 Å². The number of hydrogen-bond acceptors (Lipinski definition) is 6. The number of nitrogens with zero attached hydrogens (tertiary/aromatic N) is 5. The Kier molecular flexibility index (Phi) is 5.63. The standard InChI is InChI=1S/C20H16ClFN6O3/c1-31-16-6-5-14(8-15(16)21)24-17(29)10-27-11-23-19-18(20(27)30)25-26-28(19)9-12-3-2-4-13(22)7-12/h2-8,11H,9-10H2,1H3,(H,24,29). The quantitative estimate of drug-likeness (QED) is 0.492. The van der Waals surface area contributed by atoms with E-state index in [0.717, 1.165) is 4.57 Å². The first-order chi connectivity index (χ1) is 14.9. The number of carbonyl (C=O) groups excluding carboxylic acids is 1. The summed E-state index contributed by atoms with van der Waals surface area (Å²) in [6.45, 7) is -0.0778. The van der Waals surface area contributed by atoms with E-state index in [2.05, 4.69) is 20.6 Å². The summed E-state index contributed by atoms with van der Waals surface area (Å²) >= 11 is 6.05. The molecular formula is C20H16ClFN6O3. The highest BCUT2D eigenvalue weighted by atomic mass is 35.5. The highest BCUT2D eigenvalue weighted by Crippen LogP contribution is 2.27. The van der Waals surface area contributed by atoms with Gasteiger partial charge in [-0.3, -0.25) is 14.2 Å². The minimum Gasteiger partial charge on any atom is -0.495 e. The highest BCUT2D eigenvalue weighted by Gasteiger charge is 2.15. The summed E-state index contributed by atoms with van der Waals surface area (Å²) in [5.41, 5.74) is 0.847. The molecule has 158 valence electrons. The van der Waals surface area contributed by atoms with Crippen molar-refractivity contribution in [2.75, 3.05) is 12.4 Å². The van der Waals surface area contributed by atoms with Gasteiger partial charge in [-0.2, -0.15) is 0 Å². The summed E-state index contributed by atoms with van der Waals surface area (Å²) in [7, 11) is 1.49. The number of amides is 1. The smallest absolute Gasteiger partial charge is 0.283 e. The normalized spacial score (nSPS) is 10.9. The number of rotatable bonds is 6. The van der Waals surface area contributed by atoms with Crippen LogP contribution in [0, 0.1) is 5.82 Å². The maximum Gasteiger partial charge on any atom is 0.283 e. The molecule has 2 aromatic heterocycles. The second-order valence-electron chi connectivity index (χ2n) is 6.62. The lowest BCUT2D eigenvalue weighted by molar-refractivity contribution is -0.116. The van der Waals surface area contributed by atoms with Gasteiger partial charge >= 0.3 is 0 Å². The molecule has 0 aliphatic rings. The monoisotopic (exact) mass is 442 g/mol. The first-order valence-corrected chi connectivity index (χ1v) is 9.49. The molecule has 9 nitrogen and oxygen atoms in total. The summed E-state index contributed by atoms with van der Waals surface area (Å²) < 4.78 is 21.0. The topological polar surface area (TPSA) is 104 Å². The van der Waals surface area contributed by atoms with E-state index in [0.29, 0.717) is 22.0 Å². The van der Waals surface area contributed by atoms with Crippen molar-refractivity contribution < 1.29 is 13.9 Å². The van der Waals surface area contributed by atoms with Gasteiger partial charge in [0, 0.05) is 5.69 Å². The van der Waals surface area contributed by atoms with Crippen LogP contribution in [0.1, 0.15) is 5.56 Å². The molecule has 0 spiro atoms. The van der Waals surface area contributed by atoms with Crippen LogP contribution in [0.5, 0.6) is 5.75 Å². The predicted octanol–water partition coefficient (Wildman–Crippen LogP) is 2.48. The number of halogens is 2. The van der Waals surface area contributed by atoms with Crippen molar-refractivity contribution in [3.05, 3.63) is 75.5 Å². The Bertz CT molecular complexity index is 1340. The lowest BCUT2D eigenvalue weighted by Gasteiger charge is -2.09. The Morgan fingerprint density at radius 1 is 1.26 bits per heavy atom. The molecule has 0 unspecified atom stereocenters. The first-order valence-electron chi connectivity index (χ1n) is 9.11. The number of ether oxygens (including phenoxy) is 1. The van der Waals surface area contributed by atoms with Gasteiger partial charge < -0.3 is 10.1 Å². The first kappa shape index (κ1) is 20.5. The van der Waals surface area contributed by atoms with E-state index in [9.17, 15) is 14.0 Å². The van der Waals surface area contributed by atoms with Gasteiger partial charge in [0.1, 0.15) is 24.4 Å². The number of benzene rings is 2. The molecule has 0 saturated carbocycles. The predicted molar refractivity (Wildman–Crippen MR) is 112 cm³/mol. The molecule has 1 N–H and O–H groups in total. The van der Waals surface area contributed by atoms with Gasteiger partial charge in [0.15, 0.2) is 11.2 Å². The van der Waals surface area contributed by atoms with Gasteiger partial charge in [-0.15, -0.1) is 5.10 Å². The Labute approximate surface area is 180 Å². The fourth-order valence-corrected chi connectivity index (χ4v) is 3.27. The van der Waals surface area contributed by atoms with Crippen LogP contribution in [0.2, 0.25) is 5.02 Å². The van der Waals surface area contributed by atoms with E-state index in [1.54, 1.807) is 30.3 Å². The second kappa shape index (κ2) is 8.52. The fraction of sp³-hybridized carbons (Fsp3) is 0.150. The molecule has 0 atom stereocenters. The van der Waals surface area contributed by atoms with Crippen molar-refractivity contribution in [3.63, 3.8) is 0 Å². The SMILES string of the molecule is COc1ccc(NC(=O)Cn2cnc3c(nnn3Cc3cccc(F)c3)c2=O)cc1Cl. The average molecular weight is 443 g/mol. The van der Waals surface area contributed by atoms with Crippen molar-refractivity contribution in [3.8, 4) is 5.75 Å². The van der Waals surface area contributed by atoms with Crippen molar-refractivity contribution in [1.29, 1.82) is 0 Å². The number of hydrogen-bond donors (Lipinski definition) is 1. The molecule has 31 heavy (non-hydrogen) atoms. The molecule has 0 bridgehead atoms. The number of nitrogens with one attached hydrogen (secondary N) is 1. The van der Waals surface area contributed by atoms with Crippen LogP contribution in [-0.4, -0.2) is 37.6 Å². The van der Waals surface area contributed by atoms with Crippen LogP contribution >= 0.6 is 11.6 Å². The number of aromatic nitrogens is 5. The fourth-order valence-electron chi connectivity index (χ4n) is 3.01. The highest BCUT2D eigenvalue weighted by molar-refractivity contribution is 6.32. The largest absolute Gasteiger partial charge is 0.495 e. The molecule has 2 heterocycles. The Morgan fingerprint density at radius 2 is 2.10 bits per heavy atom. The molecule has 1 amide bonds. The summed E-state index contributed by atoms with van der Waals surface area (Å²) in [5.74, 6) is -0.343. The van der Waals surface area contributed by atoms with E-state index in [4.69, 9.17) is 16.3 Å². The molecule has 2 aromatic carbocycles. The molecule has 11 heteroatoms.